The summed E-state index contributed by atoms with van der Waals surface area (Å²) in [5, 5.41) is 0. The van der Waals surface area contributed by atoms with E-state index in [1.165, 1.54) is 0 Å². The zero-order valence-corrected chi connectivity index (χ0v) is 18.4. The molecule has 1 saturated carbocycles. The fraction of sp³-hybridized carbons (Fsp3) is 0.222. The van der Waals surface area contributed by atoms with Gasteiger partial charge in [-0.25, -0.2) is 14.4 Å². The Morgan fingerprint density at radius 2 is 1.06 bits per heavy atom. The highest BCUT2D eigenvalue weighted by atomic mass is 16.6. The fourth-order valence-electron chi connectivity index (χ4n) is 3.98. The molecule has 0 spiro atoms. The summed E-state index contributed by atoms with van der Waals surface area (Å²) in [5.74, 6) is -2.07. The highest BCUT2D eigenvalue weighted by Crippen LogP contribution is 2.32. The minimum atomic E-state index is -0.888. The molecule has 0 heterocycles. The smallest absolute Gasteiger partial charge is 0.338 e. The molecule has 4 atom stereocenters. The zero-order valence-electron chi connectivity index (χ0n) is 18.4. The molecule has 0 amide bonds. The molecule has 0 radical (unpaired) electrons. The van der Waals surface area contributed by atoms with E-state index in [9.17, 15) is 14.4 Å². The van der Waals surface area contributed by atoms with Crippen LogP contribution < -0.4 is 5.73 Å². The molecule has 1 aliphatic carbocycles. The van der Waals surface area contributed by atoms with Gasteiger partial charge in [-0.1, -0.05) is 54.6 Å². The van der Waals surface area contributed by atoms with Crippen LogP contribution in [0.4, 0.5) is 0 Å². The first-order valence-electron chi connectivity index (χ1n) is 11.0. The van der Waals surface area contributed by atoms with E-state index in [2.05, 4.69) is 0 Å². The Kier molecular flexibility index (Phi) is 7.34. The molecule has 174 valence electrons. The molecule has 0 bridgehead atoms. The number of benzene rings is 3. The number of hydrogen-bond acceptors (Lipinski definition) is 7. The molecular weight excluding hydrogens is 434 g/mol. The van der Waals surface area contributed by atoms with E-state index in [0.717, 1.165) is 0 Å². The predicted molar refractivity (Wildman–Crippen MR) is 124 cm³/mol. The second-order valence-electron chi connectivity index (χ2n) is 8.10. The van der Waals surface area contributed by atoms with Gasteiger partial charge in [0.25, 0.3) is 0 Å². The van der Waals surface area contributed by atoms with E-state index in [0.29, 0.717) is 23.1 Å². The van der Waals surface area contributed by atoms with Crippen LogP contribution in [0.3, 0.4) is 0 Å². The fourth-order valence-corrected chi connectivity index (χ4v) is 3.98. The van der Waals surface area contributed by atoms with Gasteiger partial charge in [-0.2, -0.15) is 0 Å². The van der Waals surface area contributed by atoms with E-state index in [4.69, 9.17) is 19.9 Å². The number of hydrogen-bond donors (Lipinski definition) is 1. The molecule has 7 heteroatoms. The molecule has 2 N–H and O–H groups in total. The van der Waals surface area contributed by atoms with Crippen LogP contribution >= 0.6 is 0 Å². The molecule has 4 unspecified atom stereocenters. The monoisotopic (exact) mass is 459 g/mol. The summed E-state index contributed by atoms with van der Waals surface area (Å²) < 4.78 is 17.0. The van der Waals surface area contributed by atoms with Crippen molar-refractivity contribution in [3.05, 3.63) is 108 Å². The zero-order chi connectivity index (χ0) is 23.9. The lowest BCUT2D eigenvalue weighted by molar-refractivity contribution is -0.0454. The van der Waals surface area contributed by atoms with Gasteiger partial charge in [0.05, 0.1) is 23.3 Å². The summed E-state index contributed by atoms with van der Waals surface area (Å²) in [4.78, 5) is 37.9. The van der Waals surface area contributed by atoms with E-state index < -0.39 is 42.1 Å². The summed E-state index contributed by atoms with van der Waals surface area (Å²) in [6.45, 7) is -0.0342. The third-order valence-electron chi connectivity index (χ3n) is 5.73. The van der Waals surface area contributed by atoms with Gasteiger partial charge in [0.2, 0.25) is 0 Å². The number of carbonyl (C=O) groups is 3. The minimum absolute atomic E-state index is 0.0342. The van der Waals surface area contributed by atoms with Crippen LogP contribution in [-0.4, -0.2) is 42.8 Å². The van der Waals surface area contributed by atoms with E-state index in [-0.39, 0.29) is 6.61 Å². The summed E-state index contributed by atoms with van der Waals surface area (Å²) in [6.07, 6.45) is -1.42. The van der Waals surface area contributed by atoms with E-state index in [1.54, 1.807) is 91.0 Å². The second-order valence-corrected chi connectivity index (χ2v) is 8.10. The molecular formula is C27H25NO6. The van der Waals surface area contributed by atoms with Gasteiger partial charge < -0.3 is 19.9 Å². The Morgan fingerprint density at radius 1 is 0.647 bits per heavy atom. The van der Waals surface area contributed by atoms with E-state index >= 15 is 0 Å². The van der Waals surface area contributed by atoms with Gasteiger partial charge in [-0.05, 0) is 42.8 Å². The molecule has 3 aromatic rings. The lowest BCUT2D eigenvalue weighted by Gasteiger charge is -2.26. The summed E-state index contributed by atoms with van der Waals surface area (Å²) >= 11 is 0. The number of ether oxygens (including phenoxy) is 3. The summed E-state index contributed by atoms with van der Waals surface area (Å²) in [6, 6.07) is 25.0. The standard InChI is InChI=1S/C27H25NO6/c28-22-16-21(17-32-25(29)18-10-4-1-5-11-18)23(33-26(30)19-12-6-2-7-13-19)24(22)34-27(31)20-14-8-3-9-15-20/h1-15,21-24H,16-17,28H2. The number of esters is 3. The second kappa shape index (κ2) is 10.8. The first-order valence-corrected chi connectivity index (χ1v) is 11.0. The molecule has 1 fully saturated rings. The lowest BCUT2D eigenvalue weighted by atomic mass is 10.1. The van der Waals surface area contributed by atoms with Crippen LogP contribution in [0.5, 0.6) is 0 Å². The van der Waals surface area contributed by atoms with Crippen molar-refractivity contribution in [2.75, 3.05) is 6.61 Å². The highest BCUT2D eigenvalue weighted by Gasteiger charge is 2.47. The first kappa shape index (κ1) is 23.2. The van der Waals surface area contributed by atoms with E-state index in [1.807, 2.05) is 0 Å². The predicted octanol–water partition coefficient (Wildman–Crippen LogP) is 3.64. The van der Waals surface area contributed by atoms with Crippen molar-refractivity contribution in [2.24, 2.45) is 11.7 Å². The largest absolute Gasteiger partial charge is 0.462 e. The van der Waals surface area contributed by atoms with Crippen LogP contribution in [0.25, 0.3) is 0 Å². The van der Waals surface area contributed by atoms with Gasteiger partial charge in [-0.3, -0.25) is 0 Å². The van der Waals surface area contributed by atoms with Gasteiger partial charge in [-0.15, -0.1) is 0 Å². The van der Waals surface area contributed by atoms with Crippen molar-refractivity contribution in [2.45, 2.75) is 24.7 Å². The molecule has 0 aromatic heterocycles. The van der Waals surface area contributed by atoms with Crippen molar-refractivity contribution in [1.82, 2.24) is 0 Å². The molecule has 0 aliphatic heterocycles. The van der Waals surface area contributed by atoms with Crippen molar-refractivity contribution in [3.8, 4) is 0 Å². The normalized spacial score (nSPS) is 21.4. The molecule has 3 aromatic carbocycles. The van der Waals surface area contributed by atoms with Gasteiger partial charge in [0.15, 0.2) is 6.10 Å². The SMILES string of the molecule is NC1CC(COC(=O)c2ccccc2)C(OC(=O)c2ccccc2)C1OC(=O)c1ccccc1. The van der Waals surface area contributed by atoms with Gasteiger partial charge in [0, 0.05) is 12.0 Å². The molecule has 7 nitrogen and oxygen atoms in total. The Labute approximate surface area is 197 Å². The number of carbonyl (C=O) groups excluding carboxylic acids is 3. The van der Waals surface area contributed by atoms with Crippen LogP contribution in [0.1, 0.15) is 37.5 Å². The average Bonchev–Trinajstić information content (AvgIpc) is 3.17. The number of rotatable bonds is 7. The Hall–Kier alpha value is -3.97. The van der Waals surface area contributed by atoms with Crippen LogP contribution in [0.2, 0.25) is 0 Å². The average molecular weight is 459 g/mol. The quantitative estimate of drug-likeness (QED) is 0.425. The third kappa shape index (κ3) is 5.50. The van der Waals surface area contributed by atoms with Crippen LogP contribution in [0, 0.1) is 5.92 Å². The van der Waals surface area contributed by atoms with Crippen LogP contribution in [-0.2, 0) is 14.2 Å². The molecule has 1 aliphatic rings. The number of nitrogens with two attached hydrogens (primary N) is 1. The lowest BCUT2D eigenvalue weighted by Crippen LogP contribution is -2.42. The molecule has 4 rings (SSSR count). The summed E-state index contributed by atoms with van der Waals surface area (Å²) in [5.41, 5.74) is 7.44. The minimum Gasteiger partial charge on any atom is -0.462 e. The Bertz CT molecular complexity index is 1120. The summed E-state index contributed by atoms with van der Waals surface area (Å²) in [7, 11) is 0. The topological polar surface area (TPSA) is 105 Å². The van der Waals surface area contributed by atoms with Crippen molar-refractivity contribution in [1.29, 1.82) is 0 Å². The third-order valence-corrected chi connectivity index (χ3v) is 5.73. The van der Waals surface area contributed by atoms with Gasteiger partial charge >= 0.3 is 17.9 Å². The van der Waals surface area contributed by atoms with Crippen molar-refractivity contribution < 1.29 is 28.6 Å². The van der Waals surface area contributed by atoms with Crippen molar-refractivity contribution >= 4 is 17.9 Å². The molecule has 0 saturated heterocycles. The highest BCUT2D eigenvalue weighted by molar-refractivity contribution is 5.91. The maximum absolute atomic E-state index is 12.8. The molecule has 34 heavy (non-hydrogen) atoms. The Morgan fingerprint density at radius 3 is 1.53 bits per heavy atom. The first-order chi connectivity index (χ1) is 16.5. The van der Waals surface area contributed by atoms with Crippen molar-refractivity contribution in [3.63, 3.8) is 0 Å². The van der Waals surface area contributed by atoms with Crippen LogP contribution in [0.15, 0.2) is 91.0 Å². The maximum atomic E-state index is 12.8. The van der Waals surface area contributed by atoms with Gasteiger partial charge in [0.1, 0.15) is 6.10 Å². The maximum Gasteiger partial charge on any atom is 0.338 e. The Balaban J connectivity index is 1.51.